The molecule has 1 N–H and O–H groups in total. The molecule has 9 heteroatoms. The largest absolute Gasteiger partial charge is 0.462 e. The molecule has 4 rings (SSSR count). The predicted molar refractivity (Wildman–Crippen MR) is 127 cm³/mol. The summed E-state index contributed by atoms with van der Waals surface area (Å²) in [6, 6.07) is 5.77. The number of carbonyl (C=O) groups is 1. The first-order valence-electron chi connectivity index (χ1n) is 9.92. The highest BCUT2D eigenvalue weighted by atomic mass is 79.9. The van der Waals surface area contributed by atoms with Crippen molar-refractivity contribution >= 4 is 50.6 Å². The van der Waals surface area contributed by atoms with Gasteiger partial charge in [0.25, 0.3) is 6.47 Å². The average molecular weight is 507 g/mol. The van der Waals surface area contributed by atoms with Crippen LogP contribution in [0.4, 0.5) is 5.82 Å². The number of aromatic nitrogens is 3. The van der Waals surface area contributed by atoms with E-state index < -0.39 is 0 Å². The molecule has 0 spiro atoms. The van der Waals surface area contributed by atoms with E-state index in [0.717, 1.165) is 58.5 Å². The van der Waals surface area contributed by atoms with Crippen LogP contribution in [0.5, 0.6) is 0 Å². The molecule has 0 bridgehead atoms. The maximum Gasteiger partial charge on any atom is 0.293 e. The van der Waals surface area contributed by atoms with Crippen molar-refractivity contribution in [3.05, 3.63) is 46.4 Å². The molecule has 3 aromatic rings. The van der Waals surface area contributed by atoms with Crippen molar-refractivity contribution in [2.75, 3.05) is 31.1 Å². The van der Waals surface area contributed by atoms with Gasteiger partial charge in [0.2, 0.25) is 0 Å². The minimum absolute atomic E-state index is 0.318. The zero-order valence-electron chi connectivity index (χ0n) is 17.7. The van der Waals surface area contributed by atoms with Crippen molar-refractivity contribution < 1.29 is 9.53 Å². The highest BCUT2D eigenvalue weighted by Gasteiger charge is 2.19. The molecule has 31 heavy (non-hydrogen) atoms. The number of nitrogens with one attached hydrogen (secondary N) is 1. The number of carbonyl (C=O) groups excluding carboxylic acids is 1. The van der Waals surface area contributed by atoms with Crippen LogP contribution in [0.15, 0.2) is 41.3 Å². The number of ether oxygens (including phenoxy) is 1. The maximum absolute atomic E-state index is 9.60. The van der Waals surface area contributed by atoms with Crippen molar-refractivity contribution in [3.63, 3.8) is 0 Å². The summed E-state index contributed by atoms with van der Waals surface area (Å²) in [5.41, 5.74) is 1.47. The third-order valence-electron chi connectivity index (χ3n) is 4.54. The molecule has 1 fully saturated rings. The third-order valence-corrected chi connectivity index (χ3v) is 5.55. The number of fused-ring (bicyclic) bond motifs is 1. The standard InChI is InChI=1S/C17H15BrClN5.C5H10O2/c18-15-13-10-21-3-2-12(13)17(24-7-5-20-6-8-24)23-16(15)11-1-4-22-14(19)9-11;1-5(2,3)7-4-6/h1-4,9-10,20H,5-8H2;4H,1-3H3. The fourth-order valence-electron chi connectivity index (χ4n) is 3.11. The summed E-state index contributed by atoms with van der Waals surface area (Å²) in [7, 11) is 0. The lowest BCUT2D eigenvalue weighted by atomic mass is 10.1. The maximum atomic E-state index is 9.60. The fourth-order valence-corrected chi connectivity index (χ4v) is 3.92. The Hall–Kier alpha value is -2.29. The van der Waals surface area contributed by atoms with Crippen LogP contribution >= 0.6 is 27.5 Å². The van der Waals surface area contributed by atoms with Crippen molar-refractivity contribution in [2.24, 2.45) is 0 Å². The van der Waals surface area contributed by atoms with Gasteiger partial charge < -0.3 is 15.0 Å². The number of hydrogen-bond acceptors (Lipinski definition) is 7. The van der Waals surface area contributed by atoms with Gasteiger partial charge in [0.05, 0.1) is 10.2 Å². The van der Waals surface area contributed by atoms with E-state index in [-0.39, 0.29) is 5.60 Å². The van der Waals surface area contributed by atoms with Gasteiger partial charge in [-0.2, -0.15) is 0 Å². The van der Waals surface area contributed by atoms with Gasteiger partial charge in [-0.25, -0.2) is 9.97 Å². The smallest absolute Gasteiger partial charge is 0.293 e. The third kappa shape index (κ3) is 6.12. The lowest BCUT2D eigenvalue weighted by Crippen LogP contribution is -2.44. The Bertz CT molecular complexity index is 1050. The Morgan fingerprint density at radius 3 is 2.55 bits per heavy atom. The molecule has 0 aliphatic carbocycles. The van der Waals surface area contributed by atoms with E-state index >= 15 is 0 Å². The van der Waals surface area contributed by atoms with E-state index in [4.69, 9.17) is 16.6 Å². The van der Waals surface area contributed by atoms with Gasteiger partial charge in [0.15, 0.2) is 0 Å². The Labute approximate surface area is 195 Å². The van der Waals surface area contributed by atoms with Crippen molar-refractivity contribution in [2.45, 2.75) is 26.4 Å². The first kappa shape index (κ1) is 23.4. The number of piperazine rings is 1. The number of anilines is 1. The van der Waals surface area contributed by atoms with Gasteiger partial charge >= 0.3 is 0 Å². The molecule has 1 saturated heterocycles. The highest BCUT2D eigenvalue weighted by Crippen LogP contribution is 2.37. The summed E-state index contributed by atoms with van der Waals surface area (Å²) in [5, 5.41) is 5.98. The first-order valence-corrected chi connectivity index (χ1v) is 11.1. The molecule has 1 aliphatic heterocycles. The van der Waals surface area contributed by atoms with Crippen molar-refractivity contribution in [1.29, 1.82) is 0 Å². The van der Waals surface area contributed by atoms with Crippen LogP contribution in [0.3, 0.4) is 0 Å². The Balaban J connectivity index is 0.000000339. The number of hydrogen-bond donors (Lipinski definition) is 1. The van der Waals surface area contributed by atoms with Gasteiger partial charge in [-0.3, -0.25) is 9.78 Å². The van der Waals surface area contributed by atoms with Crippen LogP contribution in [-0.2, 0) is 9.53 Å². The quantitative estimate of drug-likeness (QED) is 0.414. The van der Waals surface area contributed by atoms with Crippen LogP contribution in [0, 0.1) is 0 Å². The Morgan fingerprint density at radius 2 is 1.94 bits per heavy atom. The van der Waals surface area contributed by atoms with Crippen molar-refractivity contribution in [3.8, 4) is 11.3 Å². The number of halogens is 2. The van der Waals surface area contributed by atoms with Crippen LogP contribution in [0.1, 0.15) is 20.8 Å². The van der Waals surface area contributed by atoms with Crippen LogP contribution in [0.2, 0.25) is 5.15 Å². The fraction of sp³-hybridized carbons (Fsp3) is 0.364. The zero-order chi connectivity index (χ0) is 22.4. The molecule has 0 unspecified atom stereocenters. The Kier molecular flexibility index (Phi) is 7.80. The minimum Gasteiger partial charge on any atom is -0.462 e. The normalized spacial score (nSPS) is 14.0. The summed E-state index contributed by atoms with van der Waals surface area (Å²) in [6.45, 7) is 9.71. The minimum atomic E-state index is -0.318. The molecule has 0 aromatic carbocycles. The molecule has 0 amide bonds. The van der Waals surface area contributed by atoms with E-state index in [9.17, 15) is 4.79 Å². The molecular formula is C22H25BrClN5O2. The lowest BCUT2D eigenvalue weighted by Gasteiger charge is -2.30. The Morgan fingerprint density at radius 1 is 1.19 bits per heavy atom. The molecular weight excluding hydrogens is 482 g/mol. The first-order chi connectivity index (χ1) is 14.8. The summed E-state index contributed by atoms with van der Waals surface area (Å²) in [6.07, 6.45) is 5.38. The van der Waals surface area contributed by atoms with Crippen molar-refractivity contribution in [1.82, 2.24) is 20.3 Å². The second kappa shape index (κ2) is 10.3. The zero-order valence-corrected chi connectivity index (χ0v) is 20.1. The van der Waals surface area contributed by atoms with Gasteiger partial charge in [-0.15, -0.1) is 0 Å². The lowest BCUT2D eigenvalue weighted by molar-refractivity contribution is -0.138. The molecule has 0 radical (unpaired) electrons. The molecule has 164 valence electrons. The van der Waals surface area contributed by atoms with Crippen LogP contribution < -0.4 is 10.2 Å². The summed E-state index contributed by atoms with van der Waals surface area (Å²) >= 11 is 9.77. The number of rotatable bonds is 3. The van der Waals surface area contributed by atoms with E-state index in [1.54, 1.807) is 6.20 Å². The summed E-state index contributed by atoms with van der Waals surface area (Å²) in [4.78, 5) is 25.2. The van der Waals surface area contributed by atoms with E-state index in [1.807, 2.05) is 51.4 Å². The molecule has 1 aliphatic rings. The van der Waals surface area contributed by atoms with E-state index in [0.29, 0.717) is 11.6 Å². The SMILES string of the molecule is CC(C)(C)OC=O.Clc1cc(-c2nc(N3CCNCC3)c3ccncc3c2Br)ccn1. The van der Waals surface area contributed by atoms with E-state index in [2.05, 4.69) is 40.9 Å². The van der Waals surface area contributed by atoms with E-state index in [1.165, 1.54) is 0 Å². The summed E-state index contributed by atoms with van der Waals surface area (Å²) in [5.74, 6) is 0.986. The average Bonchev–Trinajstić information content (AvgIpc) is 2.74. The second-order valence-electron chi connectivity index (χ2n) is 7.95. The van der Waals surface area contributed by atoms with Gasteiger partial charge in [0, 0.05) is 61.1 Å². The summed E-state index contributed by atoms with van der Waals surface area (Å²) < 4.78 is 5.47. The van der Waals surface area contributed by atoms with Crippen LogP contribution in [0.25, 0.3) is 22.0 Å². The molecule has 0 atom stereocenters. The topological polar surface area (TPSA) is 80.2 Å². The second-order valence-corrected chi connectivity index (χ2v) is 9.13. The van der Waals surface area contributed by atoms with Gasteiger partial charge in [0.1, 0.15) is 16.6 Å². The molecule has 4 heterocycles. The number of pyridine rings is 3. The monoisotopic (exact) mass is 505 g/mol. The van der Waals surface area contributed by atoms with Gasteiger partial charge in [-0.05, 0) is 54.9 Å². The molecule has 3 aromatic heterocycles. The van der Waals surface area contributed by atoms with Crippen LogP contribution in [-0.4, -0.2) is 53.2 Å². The predicted octanol–water partition coefficient (Wildman–Crippen LogP) is 4.48. The molecule has 7 nitrogen and oxygen atoms in total. The van der Waals surface area contributed by atoms with Gasteiger partial charge in [-0.1, -0.05) is 11.6 Å². The number of nitrogens with zero attached hydrogens (tertiary/aromatic N) is 4. The molecule has 0 saturated carbocycles. The highest BCUT2D eigenvalue weighted by molar-refractivity contribution is 9.10.